The third-order valence-corrected chi connectivity index (χ3v) is 5.08. The lowest BCUT2D eigenvalue weighted by atomic mass is 10.2. The maximum Gasteiger partial charge on any atom is 0.247 e. The van der Waals surface area contributed by atoms with E-state index in [-0.39, 0.29) is 29.6 Å². The minimum Gasteiger partial charge on any atom is -0.507 e. The van der Waals surface area contributed by atoms with Crippen molar-refractivity contribution in [2.24, 2.45) is 0 Å². The van der Waals surface area contributed by atoms with Crippen molar-refractivity contribution in [3.05, 3.63) is 24.3 Å². The van der Waals surface area contributed by atoms with Crippen LogP contribution in [0.15, 0.2) is 29.2 Å². The quantitative estimate of drug-likeness (QED) is 0.835. The van der Waals surface area contributed by atoms with Gasteiger partial charge in [-0.15, -0.1) is 0 Å². The molecule has 1 saturated heterocycles. The van der Waals surface area contributed by atoms with Crippen molar-refractivity contribution in [2.75, 3.05) is 13.1 Å². The van der Waals surface area contributed by atoms with Gasteiger partial charge in [0.15, 0.2) is 0 Å². The molecule has 1 amide bonds. The highest BCUT2D eigenvalue weighted by atomic mass is 32.2. The fourth-order valence-electron chi connectivity index (χ4n) is 2.17. The Morgan fingerprint density at radius 2 is 2.11 bits per heavy atom. The molecule has 1 atom stereocenters. The predicted molar refractivity (Wildman–Crippen MR) is 69.1 cm³/mol. The van der Waals surface area contributed by atoms with Gasteiger partial charge in [-0.3, -0.25) is 4.79 Å². The predicted octanol–water partition coefficient (Wildman–Crippen LogP) is 0.291. The first-order chi connectivity index (χ1) is 8.98. The molecule has 1 aliphatic rings. The van der Waals surface area contributed by atoms with Crippen molar-refractivity contribution in [1.29, 1.82) is 0 Å². The van der Waals surface area contributed by atoms with Crippen LogP contribution < -0.4 is 5.32 Å². The van der Waals surface area contributed by atoms with Gasteiger partial charge in [-0.25, -0.2) is 8.42 Å². The van der Waals surface area contributed by atoms with Gasteiger partial charge in [0, 0.05) is 13.1 Å². The van der Waals surface area contributed by atoms with E-state index < -0.39 is 16.1 Å². The summed E-state index contributed by atoms with van der Waals surface area (Å²) in [5.74, 6) is -0.601. The zero-order valence-corrected chi connectivity index (χ0v) is 11.4. The van der Waals surface area contributed by atoms with E-state index in [2.05, 4.69) is 5.32 Å². The minimum absolute atomic E-state index is 0.164. The van der Waals surface area contributed by atoms with Crippen LogP contribution in [-0.4, -0.2) is 42.9 Å². The second-order valence-electron chi connectivity index (χ2n) is 4.30. The number of hydrogen-bond donors (Lipinski definition) is 2. The summed E-state index contributed by atoms with van der Waals surface area (Å²) >= 11 is 0. The maximum atomic E-state index is 12.5. The number of piperazine rings is 1. The monoisotopic (exact) mass is 284 g/mol. The Morgan fingerprint density at radius 1 is 1.42 bits per heavy atom. The summed E-state index contributed by atoms with van der Waals surface area (Å²) in [6, 6.07) is 5.02. The summed E-state index contributed by atoms with van der Waals surface area (Å²) in [5, 5.41) is 12.3. The van der Waals surface area contributed by atoms with E-state index in [9.17, 15) is 18.3 Å². The molecule has 7 heteroatoms. The van der Waals surface area contributed by atoms with Crippen LogP contribution >= 0.6 is 0 Å². The Kier molecular flexibility index (Phi) is 3.77. The highest BCUT2D eigenvalue weighted by Crippen LogP contribution is 2.27. The van der Waals surface area contributed by atoms with Crippen LogP contribution in [0.5, 0.6) is 5.75 Å². The fraction of sp³-hybridized carbons (Fsp3) is 0.417. The number of amides is 1. The summed E-state index contributed by atoms with van der Waals surface area (Å²) in [6.45, 7) is 2.24. The number of aromatic hydroxyl groups is 1. The largest absolute Gasteiger partial charge is 0.507 e. The highest BCUT2D eigenvalue weighted by Gasteiger charge is 2.38. The molecule has 2 rings (SSSR count). The van der Waals surface area contributed by atoms with Crippen LogP contribution in [0.2, 0.25) is 0 Å². The number of phenols is 1. The number of para-hydroxylation sites is 1. The first kappa shape index (κ1) is 13.8. The molecule has 6 nitrogen and oxygen atoms in total. The number of nitrogens with zero attached hydrogens (tertiary/aromatic N) is 1. The van der Waals surface area contributed by atoms with Crippen molar-refractivity contribution < 1.29 is 18.3 Å². The van der Waals surface area contributed by atoms with E-state index in [1.807, 2.05) is 0 Å². The molecular formula is C12H16N2O4S. The van der Waals surface area contributed by atoms with Crippen molar-refractivity contribution in [1.82, 2.24) is 9.62 Å². The third-order valence-electron chi connectivity index (χ3n) is 3.12. The van der Waals surface area contributed by atoms with E-state index in [4.69, 9.17) is 0 Å². The number of carbonyl (C=O) groups excluding carboxylic acids is 1. The Labute approximate surface area is 112 Å². The van der Waals surface area contributed by atoms with E-state index >= 15 is 0 Å². The zero-order chi connectivity index (χ0) is 14.0. The molecule has 1 aromatic carbocycles. The number of sulfonamides is 1. The maximum absolute atomic E-state index is 12.5. The molecule has 0 bridgehead atoms. The second kappa shape index (κ2) is 5.18. The zero-order valence-electron chi connectivity index (χ0n) is 10.5. The summed E-state index contributed by atoms with van der Waals surface area (Å²) in [4.78, 5) is 11.6. The van der Waals surface area contributed by atoms with Gasteiger partial charge in [-0.1, -0.05) is 19.1 Å². The average Bonchev–Trinajstić information content (AvgIpc) is 2.38. The van der Waals surface area contributed by atoms with Crippen LogP contribution in [0.4, 0.5) is 0 Å². The van der Waals surface area contributed by atoms with Crippen molar-refractivity contribution in [2.45, 2.75) is 24.3 Å². The van der Waals surface area contributed by atoms with Gasteiger partial charge < -0.3 is 10.4 Å². The van der Waals surface area contributed by atoms with Gasteiger partial charge in [-0.2, -0.15) is 4.31 Å². The molecule has 1 aliphatic heterocycles. The van der Waals surface area contributed by atoms with Crippen molar-refractivity contribution in [3.63, 3.8) is 0 Å². The standard InChI is InChI=1S/C12H16N2O4S/c1-2-9-12(16)13-7-8-14(9)19(17,18)11-6-4-3-5-10(11)15/h3-6,9,15H,2,7-8H2,1H3,(H,13,16). The molecule has 1 aromatic rings. The lowest BCUT2D eigenvalue weighted by Gasteiger charge is -2.33. The van der Waals surface area contributed by atoms with Crippen molar-refractivity contribution >= 4 is 15.9 Å². The highest BCUT2D eigenvalue weighted by molar-refractivity contribution is 7.89. The molecule has 1 unspecified atom stereocenters. The van der Waals surface area contributed by atoms with E-state index in [0.717, 1.165) is 4.31 Å². The van der Waals surface area contributed by atoms with Crippen LogP contribution in [-0.2, 0) is 14.8 Å². The number of benzene rings is 1. The Hall–Kier alpha value is -1.60. The summed E-state index contributed by atoms with van der Waals surface area (Å²) in [5.41, 5.74) is 0. The molecule has 0 saturated carbocycles. The lowest BCUT2D eigenvalue weighted by Crippen LogP contribution is -2.56. The van der Waals surface area contributed by atoms with Crippen LogP contribution in [0.3, 0.4) is 0 Å². The first-order valence-electron chi connectivity index (χ1n) is 6.06. The summed E-state index contributed by atoms with van der Waals surface area (Å²) < 4.78 is 26.2. The average molecular weight is 284 g/mol. The minimum atomic E-state index is -3.86. The number of carbonyl (C=O) groups is 1. The number of nitrogens with one attached hydrogen (secondary N) is 1. The van der Waals surface area contributed by atoms with Crippen LogP contribution in [0.25, 0.3) is 0 Å². The topological polar surface area (TPSA) is 86.7 Å². The molecule has 0 spiro atoms. The molecule has 104 valence electrons. The molecular weight excluding hydrogens is 268 g/mol. The smallest absolute Gasteiger partial charge is 0.247 e. The van der Waals surface area contributed by atoms with Gasteiger partial charge in [0.05, 0.1) is 0 Å². The Morgan fingerprint density at radius 3 is 2.74 bits per heavy atom. The van der Waals surface area contributed by atoms with Crippen molar-refractivity contribution in [3.8, 4) is 5.75 Å². The van der Waals surface area contributed by atoms with Gasteiger partial charge in [0.1, 0.15) is 16.7 Å². The molecule has 1 fully saturated rings. The van der Waals surface area contributed by atoms with E-state index in [0.29, 0.717) is 6.42 Å². The fourth-order valence-corrected chi connectivity index (χ4v) is 3.92. The van der Waals surface area contributed by atoms with Crippen LogP contribution in [0.1, 0.15) is 13.3 Å². The Balaban J connectivity index is 2.44. The van der Waals surface area contributed by atoms with Gasteiger partial charge in [0.25, 0.3) is 0 Å². The third kappa shape index (κ3) is 2.43. The molecule has 19 heavy (non-hydrogen) atoms. The molecule has 2 N–H and O–H groups in total. The van der Waals surface area contributed by atoms with Gasteiger partial charge in [-0.05, 0) is 18.6 Å². The number of phenolic OH excluding ortho intramolecular Hbond substituents is 1. The van der Waals surface area contributed by atoms with Crippen LogP contribution in [0, 0.1) is 0 Å². The molecule has 0 radical (unpaired) electrons. The SMILES string of the molecule is CCC1C(=O)NCCN1S(=O)(=O)c1ccccc1O. The normalized spacial score (nSPS) is 21.1. The lowest BCUT2D eigenvalue weighted by molar-refractivity contribution is -0.126. The van der Waals surface area contributed by atoms with Gasteiger partial charge >= 0.3 is 0 Å². The summed E-state index contributed by atoms with van der Waals surface area (Å²) in [7, 11) is -3.86. The first-order valence-corrected chi connectivity index (χ1v) is 7.50. The number of rotatable bonds is 3. The van der Waals surface area contributed by atoms with E-state index in [1.54, 1.807) is 13.0 Å². The molecule has 1 heterocycles. The van der Waals surface area contributed by atoms with E-state index in [1.165, 1.54) is 18.2 Å². The molecule has 0 aliphatic carbocycles. The second-order valence-corrected chi connectivity index (χ2v) is 6.16. The summed E-state index contributed by atoms with van der Waals surface area (Å²) in [6.07, 6.45) is 0.388. The Bertz CT molecular complexity index is 585. The van der Waals surface area contributed by atoms with Gasteiger partial charge in [0.2, 0.25) is 15.9 Å². The number of hydrogen-bond acceptors (Lipinski definition) is 4. The molecule has 0 aromatic heterocycles.